The molecule has 5 nitrogen and oxygen atoms in total. The summed E-state index contributed by atoms with van der Waals surface area (Å²) in [6, 6.07) is 2.36. The fourth-order valence-electron chi connectivity index (χ4n) is 1.71. The summed E-state index contributed by atoms with van der Waals surface area (Å²) >= 11 is 6.12. The average Bonchev–Trinajstić information content (AvgIpc) is 2.94. The Labute approximate surface area is 119 Å². The maximum Gasteiger partial charge on any atom is 0.266 e. The molecule has 7 heteroatoms. The number of nitrogens with zero attached hydrogens (tertiary/aromatic N) is 1. The second-order valence-corrected chi connectivity index (χ2v) is 5.49. The molecule has 0 N–H and O–H groups in total. The topological polar surface area (TPSA) is 73.6 Å². The van der Waals surface area contributed by atoms with Gasteiger partial charge in [0.1, 0.15) is 10.1 Å². The van der Waals surface area contributed by atoms with Crippen molar-refractivity contribution < 1.29 is 19.1 Å². The van der Waals surface area contributed by atoms with Crippen molar-refractivity contribution in [3.05, 3.63) is 29.1 Å². The van der Waals surface area contributed by atoms with E-state index in [1.807, 2.05) is 0 Å². The van der Waals surface area contributed by atoms with E-state index in [1.165, 1.54) is 6.26 Å². The number of amides is 1. The van der Waals surface area contributed by atoms with Crippen molar-refractivity contribution in [2.75, 3.05) is 0 Å². The second kappa shape index (κ2) is 5.58. The molecule has 2 heterocycles. The van der Waals surface area contributed by atoms with Gasteiger partial charge in [-0.1, -0.05) is 30.9 Å². The third-order valence-corrected chi connectivity index (χ3v) is 3.94. The number of rotatable bonds is 4. The van der Waals surface area contributed by atoms with Crippen LogP contribution in [0.1, 0.15) is 19.1 Å². The van der Waals surface area contributed by atoms with Crippen LogP contribution in [0.15, 0.2) is 27.7 Å². The molecule has 1 saturated heterocycles. The molecule has 100 valence electrons. The highest BCUT2D eigenvalue weighted by atomic mass is 32.2. The monoisotopic (exact) mass is 296 g/mol. The zero-order valence-corrected chi connectivity index (χ0v) is 11.6. The van der Waals surface area contributed by atoms with Gasteiger partial charge in [-0.25, -0.2) is 0 Å². The number of carbonyl (C=O) groups excluding carboxylic acids is 2. The maximum atomic E-state index is 12.2. The van der Waals surface area contributed by atoms with Crippen LogP contribution >= 0.6 is 24.0 Å². The van der Waals surface area contributed by atoms with Crippen LogP contribution in [0.2, 0.25) is 0 Å². The van der Waals surface area contributed by atoms with Crippen molar-refractivity contribution in [1.29, 1.82) is 0 Å². The van der Waals surface area contributed by atoms with Crippen molar-refractivity contribution in [3.8, 4) is 0 Å². The fourth-order valence-corrected chi connectivity index (χ4v) is 3.04. The molecule has 1 aromatic rings. The summed E-state index contributed by atoms with van der Waals surface area (Å²) in [5.41, 5.74) is 0. The van der Waals surface area contributed by atoms with Crippen molar-refractivity contribution in [1.82, 2.24) is 4.90 Å². The first kappa shape index (κ1) is 13.8. The van der Waals surface area contributed by atoms with Gasteiger partial charge in [-0.05, 0) is 18.6 Å². The molecule has 1 atom stereocenters. The molecule has 1 aliphatic heterocycles. The molecule has 0 bridgehead atoms. The number of hydrogen-bond donors (Lipinski definition) is 0. The van der Waals surface area contributed by atoms with Gasteiger partial charge in [0.2, 0.25) is 0 Å². The molecule has 1 fully saturated rings. The van der Waals surface area contributed by atoms with Gasteiger partial charge in [0.25, 0.3) is 5.91 Å². The Morgan fingerprint density at radius 1 is 1.68 bits per heavy atom. The Bertz CT molecular complexity index is 550. The minimum atomic E-state index is -1.31. The van der Waals surface area contributed by atoms with E-state index in [2.05, 4.69) is 0 Å². The highest BCUT2D eigenvalue weighted by Gasteiger charge is 2.37. The number of thioether (sulfide) groups is 1. The molecular formula is C12H10NO4S2-. The van der Waals surface area contributed by atoms with Gasteiger partial charge in [-0.3, -0.25) is 9.69 Å². The molecule has 1 aromatic heterocycles. The summed E-state index contributed by atoms with van der Waals surface area (Å²) in [6.45, 7) is 1.66. The lowest BCUT2D eigenvalue weighted by molar-refractivity contribution is -0.310. The van der Waals surface area contributed by atoms with Gasteiger partial charge >= 0.3 is 0 Å². The second-order valence-electron chi connectivity index (χ2n) is 3.81. The van der Waals surface area contributed by atoms with Crippen molar-refractivity contribution in [3.63, 3.8) is 0 Å². The molecule has 2 rings (SSSR count). The largest absolute Gasteiger partial charge is 0.548 e. The first-order chi connectivity index (χ1) is 9.04. The first-order valence-corrected chi connectivity index (χ1v) is 6.78. The Morgan fingerprint density at radius 2 is 2.42 bits per heavy atom. The quantitative estimate of drug-likeness (QED) is 0.610. The lowest BCUT2D eigenvalue weighted by Gasteiger charge is -2.26. The summed E-state index contributed by atoms with van der Waals surface area (Å²) in [6.07, 6.45) is 3.27. The highest BCUT2D eigenvalue weighted by Crippen LogP contribution is 2.34. The lowest BCUT2D eigenvalue weighted by Crippen LogP contribution is -2.49. The van der Waals surface area contributed by atoms with Crippen molar-refractivity contribution in [2.24, 2.45) is 0 Å². The number of carbonyl (C=O) groups is 2. The van der Waals surface area contributed by atoms with Crippen LogP contribution in [-0.4, -0.2) is 27.1 Å². The molecular weight excluding hydrogens is 286 g/mol. The van der Waals surface area contributed by atoms with E-state index in [0.717, 1.165) is 16.7 Å². The van der Waals surface area contributed by atoms with E-state index in [4.69, 9.17) is 16.6 Å². The van der Waals surface area contributed by atoms with E-state index in [1.54, 1.807) is 25.1 Å². The minimum Gasteiger partial charge on any atom is -0.548 e. The average molecular weight is 296 g/mol. The molecule has 0 saturated carbocycles. The van der Waals surface area contributed by atoms with Gasteiger partial charge in [0.15, 0.2) is 0 Å². The van der Waals surface area contributed by atoms with Crippen molar-refractivity contribution in [2.45, 2.75) is 19.4 Å². The third kappa shape index (κ3) is 2.71. The molecule has 0 unspecified atom stereocenters. The zero-order chi connectivity index (χ0) is 14.0. The van der Waals surface area contributed by atoms with E-state index in [-0.39, 0.29) is 10.7 Å². The summed E-state index contributed by atoms with van der Waals surface area (Å²) in [4.78, 5) is 24.6. The van der Waals surface area contributed by atoms with Crippen molar-refractivity contribution >= 4 is 46.3 Å². The van der Waals surface area contributed by atoms with Crippen LogP contribution in [-0.2, 0) is 9.59 Å². The fraction of sp³-hybridized carbons (Fsp3) is 0.250. The SMILES string of the molecule is CC[C@@H](C(=O)[O-])N1C(=O)C(=Cc2ccco2)SC1=S. The Hall–Kier alpha value is -1.60. The number of thiocarbonyl (C=S) groups is 1. The van der Waals surface area contributed by atoms with Gasteiger partial charge in [0.05, 0.1) is 23.2 Å². The van der Waals surface area contributed by atoms with Crippen LogP contribution in [0.4, 0.5) is 0 Å². The third-order valence-electron chi connectivity index (χ3n) is 2.61. The number of carboxylic acids is 1. The number of furan rings is 1. The minimum absolute atomic E-state index is 0.221. The molecule has 1 amide bonds. The van der Waals surface area contributed by atoms with E-state index < -0.39 is 17.9 Å². The highest BCUT2D eigenvalue weighted by molar-refractivity contribution is 8.26. The molecule has 19 heavy (non-hydrogen) atoms. The smallest absolute Gasteiger partial charge is 0.266 e. The van der Waals surface area contributed by atoms with Crippen LogP contribution in [0.3, 0.4) is 0 Å². The number of hydrogen-bond acceptors (Lipinski definition) is 6. The maximum absolute atomic E-state index is 12.2. The summed E-state index contributed by atoms with van der Waals surface area (Å²) in [5.74, 6) is -1.22. The molecule has 1 aliphatic rings. The summed E-state index contributed by atoms with van der Waals surface area (Å²) < 4.78 is 5.34. The van der Waals surface area contributed by atoms with Crippen LogP contribution in [0.5, 0.6) is 0 Å². The van der Waals surface area contributed by atoms with E-state index in [0.29, 0.717) is 10.7 Å². The normalized spacial score (nSPS) is 19.2. The molecule has 0 spiro atoms. The van der Waals surface area contributed by atoms with Gasteiger partial charge in [0, 0.05) is 6.08 Å². The van der Waals surface area contributed by atoms with Crippen LogP contribution < -0.4 is 5.11 Å². The van der Waals surface area contributed by atoms with Gasteiger partial charge in [-0.2, -0.15) is 0 Å². The number of carboxylic acid groups (broad SMARTS) is 1. The molecule has 0 aliphatic carbocycles. The predicted octanol–water partition coefficient (Wildman–Crippen LogP) is 1.01. The van der Waals surface area contributed by atoms with Gasteiger partial charge < -0.3 is 14.3 Å². The first-order valence-electron chi connectivity index (χ1n) is 5.56. The summed E-state index contributed by atoms with van der Waals surface area (Å²) in [7, 11) is 0. The molecule has 0 radical (unpaired) electrons. The Kier molecular flexibility index (Phi) is 4.06. The lowest BCUT2D eigenvalue weighted by atomic mass is 10.2. The predicted molar refractivity (Wildman–Crippen MR) is 72.8 cm³/mol. The standard InChI is InChI=1S/C12H11NO4S2/c1-2-8(11(15)16)13-10(14)9(19-12(13)18)6-7-4-3-5-17-7/h3-6,8H,2H2,1H3,(H,15,16)/p-1/t8-/m0/s1. The molecule has 0 aromatic carbocycles. The van der Waals surface area contributed by atoms with Gasteiger partial charge in [-0.15, -0.1) is 0 Å². The Morgan fingerprint density at radius 3 is 2.95 bits per heavy atom. The number of aliphatic carboxylic acids is 1. The zero-order valence-electron chi connectivity index (χ0n) is 9.99. The van der Waals surface area contributed by atoms with Crippen LogP contribution in [0.25, 0.3) is 6.08 Å². The van der Waals surface area contributed by atoms with Crippen LogP contribution in [0, 0.1) is 0 Å². The van der Waals surface area contributed by atoms with E-state index in [9.17, 15) is 14.7 Å². The Balaban J connectivity index is 2.28. The van der Waals surface area contributed by atoms with E-state index >= 15 is 0 Å². The summed E-state index contributed by atoms with van der Waals surface area (Å²) in [5, 5.41) is 11.0.